The second-order valence-electron chi connectivity index (χ2n) is 7.70. The number of aryl methyl sites for hydroxylation is 1. The largest absolute Gasteiger partial charge is 0.496 e. The fourth-order valence-corrected chi connectivity index (χ4v) is 3.91. The van der Waals surface area contributed by atoms with Crippen LogP contribution in [0.3, 0.4) is 0 Å². The van der Waals surface area contributed by atoms with E-state index >= 15 is 0 Å². The monoisotopic (exact) mass is 437 g/mol. The highest BCUT2D eigenvalue weighted by atomic mass is 16.5. The van der Waals surface area contributed by atoms with Crippen molar-refractivity contribution in [2.24, 2.45) is 7.05 Å². The first kappa shape index (κ1) is 21.6. The third-order valence-electron chi connectivity index (χ3n) is 5.59. The maximum absolute atomic E-state index is 12.9. The Morgan fingerprint density at radius 2 is 1.81 bits per heavy atom. The number of para-hydroxylation sites is 1. The molecule has 4 rings (SSSR count). The molecule has 9 nitrogen and oxygen atoms in total. The minimum Gasteiger partial charge on any atom is -0.496 e. The summed E-state index contributed by atoms with van der Waals surface area (Å²) >= 11 is 0. The molecule has 2 heterocycles. The number of hydrogen-bond acceptors (Lipinski definition) is 7. The van der Waals surface area contributed by atoms with Crippen molar-refractivity contribution in [3.05, 3.63) is 48.4 Å². The first-order chi connectivity index (χ1) is 15.6. The molecule has 1 amide bonds. The highest BCUT2D eigenvalue weighted by Crippen LogP contribution is 2.29. The van der Waals surface area contributed by atoms with Gasteiger partial charge in [0.1, 0.15) is 17.5 Å². The van der Waals surface area contributed by atoms with Gasteiger partial charge in [-0.1, -0.05) is 12.1 Å². The van der Waals surface area contributed by atoms with Crippen LogP contribution in [-0.4, -0.2) is 52.0 Å². The molecule has 0 saturated heterocycles. The zero-order valence-electron chi connectivity index (χ0n) is 18.4. The Bertz CT molecular complexity index is 1080. The second kappa shape index (κ2) is 9.67. The van der Waals surface area contributed by atoms with Crippen LogP contribution in [0.4, 0.5) is 0 Å². The number of methoxy groups -OCH3 is 2. The minimum absolute atomic E-state index is 0.0402. The smallest absolute Gasteiger partial charge is 0.269 e. The topological polar surface area (TPSA) is 100 Å². The Kier molecular flexibility index (Phi) is 6.53. The van der Waals surface area contributed by atoms with Crippen LogP contribution in [0.1, 0.15) is 36.2 Å². The molecule has 0 aliphatic heterocycles. The van der Waals surface area contributed by atoms with Crippen LogP contribution in [0.15, 0.2) is 42.7 Å². The van der Waals surface area contributed by atoms with Gasteiger partial charge in [0.2, 0.25) is 11.8 Å². The van der Waals surface area contributed by atoms with Crippen LogP contribution in [-0.2, 0) is 7.05 Å². The molecule has 9 heteroatoms. The first-order valence-corrected chi connectivity index (χ1v) is 10.6. The molecule has 0 radical (unpaired) electrons. The standard InChI is InChI=1S/C23H27N5O4/c1-28-19(12-18(27-28)17-6-4-5-7-20(17)30-2)23(29)25-15-8-10-16(11-9-15)32-22-14-24-13-21(26-22)31-3/h4-7,12-16H,8-11H2,1-3H3,(H,25,29). The van der Waals surface area contributed by atoms with E-state index in [1.54, 1.807) is 38.2 Å². The van der Waals surface area contributed by atoms with Gasteiger partial charge in [-0.15, -0.1) is 0 Å². The van der Waals surface area contributed by atoms with Crippen molar-refractivity contribution in [3.63, 3.8) is 0 Å². The van der Waals surface area contributed by atoms with Gasteiger partial charge in [0.15, 0.2) is 0 Å². The fraction of sp³-hybridized carbons (Fsp3) is 0.391. The summed E-state index contributed by atoms with van der Waals surface area (Å²) in [6.07, 6.45) is 6.45. The van der Waals surface area contributed by atoms with Crippen molar-refractivity contribution >= 4 is 5.91 Å². The average molecular weight is 438 g/mol. The Morgan fingerprint density at radius 1 is 1.06 bits per heavy atom. The van der Waals surface area contributed by atoms with Crippen molar-refractivity contribution in [3.8, 4) is 28.8 Å². The van der Waals surface area contributed by atoms with Gasteiger partial charge in [-0.25, -0.2) is 0 Å². The van der Waals surface area contributed by atoms with Crippen LogP contribution in [0.25, 0.3) is 11.3 Å². The number of benzene rings is 1. The molecule has 0 unspecified atom stereocenters. The summed E-state index contributed by atoms with van der Waals surface area (Å²) in [4.78, 5) is 21.2. The van der Waals surface area contributed by atoms with Crippen molar-refractivity contribution in [1.29, 1.82) is 0 Å². The first-order valence-electron chi connectivity index (χ1n) is 10.6. The number of ether oxygens (including phenoxy) is 3. The highest BCUT2D eigenvalue weighted by molar-refractivity contribution is 5.94. The zero-order valence-corrected chi connectivity index (χ0v) is 18.4. The molecular formula is C23H27N5O4. The van der Waals surface area contributed by atoms with Gasteiger partial charge < -0.3 is 19.5 Å². The molecule has 1 fully saturated rings. The quantitative estimate of drug-likeness (QED) is 0.606. The van der Waals surface area contributed by atoms with Gasteiger partial charge >= 0.3 is 0 Å². The van der Waals surface area contributed by atoms with E-state index in [1.807, 2.05) is 24.3 Å². The summed E-state index contributed by atoms with van der Waals surface area (Å²) in [5, 5.41) is 7.65. The normalized spacial score (nSPS) is 18.1. The lowest BCUT2D eigenvalue weighted by molar-refractivity contribution is 0.0880. The van der Waals surface area contributed by atoms with Crippen LogP contribution in [0, 0.1) is 0 Å². The molecule has 1 saturated carbocycles. The summed E-state index contributed by atoms with van der Waals surface area (Å²) in [7, 11) is 4.94. The summed E-state index contributed by atoms with van der Waals surface area (Å²) in [5.74, 6) is 1.46. The SMILES string of the molecule is COc1cncc(OC2CCC(NC(=O)c3cc(-c4ccccc4OC)nn3C)CC2)n1. The Morgan fingerprint density at radius 3 is 2.56 bits per heavy atom. The zero-order chi connectivity index (χ0) is 22.5. The summed E-state index contributed by atoms with van der Waals surface area (Å²) in [5.41, 5.74) is 2.06. The van der Waals surface area contributed by atoms with E-state index in [1.165, 1.54) is 6.20 Å². The number of carbonyl (C=O) groups excluding carboxylic acids is 1. The highest BCUT2D eigenvalue weighted by Gasteiger charge is 2.26. The molecule has 3 aromatic rings. The van der Waals surface area contributed by atoms with Crippen LogP contribution in [0.5, 0.6) is 17.5 Å². The van der Waals surface area contributed by atoms with Crippen molar-refractivity contribution < 1.29 is 19.0 Å². The Hall–Kier alpha value is -3.62. The molecule has 1 aliphatic carbocycles. The number of amides is 1. The van der Waals surface area contributed by atoms with Crippen molar-refractivity contribution in [2.75, 3.05) is 14.2 Å². The number of nitrogens with one attached hydrogen (secondary N) is 1. The third-order valence-corrected chi connectivity index (χ3v) is 5.59. The van der Waals surface area contributed by atoms with Gasteiger partial charge in [0, 0.05) is 18.7 Å². The van der Waals surface area contributed by atoms with Gasteiger partial charge in [-0.3, -0.25) is 14.5 Å². The molecule has 0 bridgehead atoms. The Balaban J connectivity index is 1.35. The number of rotatable bonds is 7. The van der Waals surface area contributed by atoms with E-state index in [4.69, 9.17) is 14.2 Å². The molecule has 0 spiro atoms. The molecule has 32 heavy (non-hydrogen) atoms. The van der Waals surface area contributed by atoms with Gasteiger partial charge in [-0.2, -0.15) is 10.1 Å². The summed E-state index contributed by atoms with van der Waals surface area (Å²) in [6, 6.07) is 9.51. The van der Waals surface area contributed by atoms with Crippen LogP contribution in [0.2, 0.25) is 0 Å². The lowest BCUT2D eigenvalue weighted by Crippen LogP contribution is -2.40. The third kappa shape index (κ3) is 4.82. The number of nitrogens with zero attached hydrogens (tertiary/aromatic N) is 4. The maximum Gasteiger partial charge on any atom is 0.269 e. The molecule has 1 N–H and O–H groups in total. The fourth-order valence-electron chi connectivity index (χ4n) is 3.91. The molecule has 1 aliphatic rings. The number of carbonyl (C=O) groups is 1. The van der Waals surface area contributed by atoms with Crippen molar-refractivity contribution in [2.45, 2.75) is 37.8 Å². The van der Waals surface area contributed by atoms with E-state index in [0.717, 1.165) is 37.0 Å². The molecule has 0 atom stereocenters. The molecule has 1 aromatic carbocycles. The number of hydrogen-bond donors (Lipinski definition) is 1. The van der Waals surface area contributed by atoms with E-state index in [2.05, 4.69) is 20.4 Å². The summed E-state index contributed by atoms with van der Waals surface area (Å²) < 4.78 is 18.0. The van der Waals surface area contributed by atoms with E-state index in [0.29, 0.717) is 23.1 Å². The maximum atomic E-state index is 12.9. The Labute approximate surface area is 186 Å². The van der Waals surface area contributed by atoms with E-state index < -0.39 is 0 Å². The van der Waals surface area contributed by atoms with Crippen LogP contribution < -0.4 is 19.5 Å². The van der Waals surface area contributed by atoms with Crippen LogP contribution >= 0.6 is 0 Å². The molecular weight excluding hydrogens is 410 g/mol. The average Bonchev–Trinajstić information content (AvgIpc) is 3.22. The van der Waals surface area contributed by atoms with Gasteiger partial charge in [0.25, 0.3) is 5.91 Å². The van der Waals surface area contributed by atoms with Gasteiger partial charge in [0.05, 0.1) is 32.3 Å². The van der Waals surface area contributed by atoms with E-state index in [-0.39, 0.29) is 18.1 Å². The lowest BCUT2D eigenvalue weighted by Gasteiger charge is -2.29. The molecule has 2 aromatic heterocycles. The predicted octanol–water partition coefficient (Wildman–Crippen LogP) is 3.01. The lowest BCUT2D eigenvalue weighted by atomic mass is 9.93. The predicted molar refractivity (Wildman–Crippen MR) is 118 cm³/mol. The number of aromatic nitrogens is 4. The molecule has 168 valence electrons. The minimum atomic E-state index is -0.135. The summed E-state index contributed by atoms with van der Waals surface area (Å²) in [6.45, 7) is 0. The van der Waals surface area contributed by atoms with Crippen molar-refractivity contribution in [1.82, 2.24) is 25.1 Å². The van der Waals surface area contributed by atoms with E-state index in [9.17, 15) is 4.79 Å². The van der Waals surface area contributed by atoms with Gasteiger partial charge in [-0.05, 0) is 43.9 Å². The second-order valence-corrected chi connectivity index (χ2v) is 7.70.